The van der Waals surface area contributed by atoms with E-state index in [0.29, 0.717) is 34.4 Å². The number of pyridine rings is 2. The molecule has 0 aliphatic carbocycles. The molecule has 7 heteroatoms. The maximum atomic E-state index is 13.7. The first-order valence-corrected chi connectivity index (χ1v) is 9.41. The molecule has 3 aromatic rings. The number of rotatable bonds is 7. The van der Waals surface area contributed by atoms with E-state index in [-0.39, 0.29) is 18.1 Å². The van der Waals surface area contributed by atoms with Crippen LogP contribution in [0.5, 0.6) is 5.88 Å². The van der Waals surface area contributed by atoms with E-state index >= 15 is 0 Å². The zero-order chi connectivity index (χ0) is 21.2. The number of alkyl halides is 2. The monoisotopic (exact) mass is 403 g/mol. The van der Waals surface area contributed by atoms with Gasteiger partial charge < -0.3 is 10.5 Å². The van der Waals surface area contributed by atoms with E-state index in [1.807, 2.05) is 20.8 Å². The summed E-state index contributed by atoms with van der Waals surface area (Å²) in [5, 5.41) is 0.649. The van der Waals surface area contributed by atoms with Crippen molar-refractivity contribution in [2.24, 2.45) is 11.7 Å². The summed E-state index contributed by atoms with van der Waals surface area (Å²) >= 11 is 0. The van der Waals surface area contributed by atoms with Crippen molar-refractivity contribution in [3.8, 4) is 17.0 Å². The van der Waals surface area contributed by atoms with Gasteiger partial charge in [0.25, 0.3) is 6.43 Å². The Morgan fingerprint density at radius 2 is 1.90 bits per heavy atom. The van der Waals surface area contributed by atoms with Gasteiger partial charge >= 0.3 is 0 Å². The lowest BCUT2D eigenvalue weighted by molar-refractivity contribution is 0.137. The number of hydrogen-bond donors (Lipinski definition) is 1. The minimum atomic E-state index is -2.77. The molecule has 4 nitrogen and oxygen atoms in total. The highest BCUT2D eigenvalue weighted by atomic mass is 19.3. The van der Waals surface area contributed by atoms with Gasteiger partial charge in [0.1, 0.15) is 12.4 Å². The standard InChI is InChI=1S/C22H24F3N3O/c1-13(2)10-22(3,26)12-29-21-18(20(24)25)8-14(11-28-21)16-6-7-27-19-9-15(23)4-5-17(16)19/h4-9,11,13,20H,10,12,26H2,1-3H3. The normalized spacial score (nSPS) is 13.8. The summed E-state index contributed by atoms with van der Waals surface area (Å²) in [5.74, 6) is -0.194. The largest absolute Gasteiger partial charge is 0.475 e. The van der Waals surface area contributed by atoms with Crippen molar-refractivity contribution in [1.82, 2.24) is 9.97 Å². The second-order valence-electron chi connectivity index (χ2n) is 7.98. The molecule has 0 fully saturated rings. The molecule has 0 bridgehead atoms. The van der Waals surface area contributed by atoms with Crippen molar-refractivity contribution in [3.63, 3.8) is 0 Å². The van der Waals surface area contributed by atoms with Crippen LogP contribution in [0.4, 0.5) is 13.2 Å². The van der Waals surface area contributed by atoms with Gasteiger partial charge in [-0.25, -0.2) is 18.2 Å². The van der Waals surface area contributed by atoms with Crippen molar-refractivity contribution >= 4 is 10.9 Å². The minimum Gasteiger partial charge on any atom is -0.475 e. The molecule has 1 atom stereocenters. The van der Waals surface area contributed by atoms with Crippen LogP contribution in [0.2, 0.25) is 0 Å². The maximum Gasteiger partial charge on any atom is 0.269 e. The predicted molar refractivity (Wildman–Crippen MR) is 107 cm³/mol. The van der Waals surface area contributed by atoms with E-state index in [1.165, 1.54) is 30.6 Å². The quantitative estimate of drug-likeness (QED) is 0.565. The fraction of sp³-hybridized carbons (Fsp3) is 0.364. The first-order valence-electron chi connectivity index (χ1n) is 9.41. The van der Waals surface area contributed by atoms with Gasteiger partial charge in [0.05, 0.1) is 11.1 Å². The van der Waals surface area contributed by atoms with Crippen LogP contribution in [0.1, 0.15) is 39.2 Å². The van der Waals surface area contributed by atoms with Crippen molar-refractivity contribution in [1.29, 1.82) is 0 Å². The van der Waals surface area contributed by atoms with Gasteiger partial charge in [-0.1, -0.05) is 13.8 Å². The molecule has 2 aromatic heterocycles. The van der Waals surface area contributed by atoms with Gasteiger partial charge in [-0.3, -0.25) is 4.98 Å². The maximum absolute atomic E-state index is 13.7. The molecule has 0 saturated heterocycles. The second kappa shape index (κ2) is 8.37. The van der Waals surface area contributed by atoms with E-state index in [9.17, 15) is 13.2 Å². The highest BCUT2D eigenvalue weighted by Crippen LogP contribution is 2.34. The fourth-order valence-corrected chi connectivity index (χ4v) is 3.49. The Hall–Kier alpha value is -2.67. The summed E-state index contributed by atoms with van der Waals surface area (Å²) in [7, 11) is 0. The van der Waals surface area contributed by atoms with Crippen LogP contribution in [-0.4, -0.2) is 22.1 Å². The molecule has 154 valence electrons. The Morgan fingerprint density at radius 3 is 2.59 bits per heavy atom. The van der Waals surface area contributed by atoms with Crippen LogP contribution in [-0.2, 0) is 0 Å². The fourth-order valence-electron chi connectivity index (χ4n) is 3.49. The van der Waals surface area contributed by atoms with Crippen LogP contribution >= 0.6 is 0 Å². The number of halogens is 3. The first-order chi connectivity index (χ1) is 13.7. The number of fused-ring (bicyclic) bond motifs is 1. The summed E-state index contributed by atoms with van der Waals surface area (Å²) in [5.41, 5.74) is 6.80. The molecule has 0 saturated carbocycles. The van der Waals surface area contributed by atoms with E-state index in [4.69, 9.17) is 10.5 Å². The average molecular weight is 403 g/mol. The Bertz CT molecular complexity index is 1010. The van der Waals surface area contributed by atoms with Gasteiger partial charge in [-0.2, -0.15) is 0 Å². The lowest BCUT2D eigenvalue weighted by Crippen LogP contribution is -2.43. The van der Waals surface area contributed by atoms with Gasteiger partial charge in [-0.05, 0) is 49.1 Å². The van der Waals surface area contributed by atoms with E-state index in [1.54, 1.807) is 12.1 Å². The molecule has 3 rings (SSSR count). The van der Waals surface area contributed by atoms with Crippen LogP contribution in [0, 0.1) is 11.7 Å². The van der Waals surface area contributed by atoms with Gasteiger partial charge in [-0.15, -0.1) is 0 Å². The average Bonchev–Trinajstić information content (AvgIpc) is 2.64. The molecule has 0 amide bonds. The van der Waals surface area contributed by atoms with Gasteiger partial charge in [0, 0.05) is 34.9 Å². The molecular formula is C22H24F3N3O. The topological polar surface area (TPSA) is 61.0 Å². The summed E-state index contributed by atoms with van der Waals surface area (Å²) in [4.78, 5) is 8.27. The van der Waals surface area contributed by atoms with Crippen LogP contribution in [0.25, 0.3) is 22.0 Å². The predicted octanol–water partition coefficient (Wildman–Crippen LogP) is 5.52. The van der Waals surface area contributed by atoms with Crippen LogP contribution < -0.4 is 10.5 Å². The Labute approximate surface area is 167 Å². The third-order valence-corrected chi connectivity index (χ3v) is 4.54. The smallest absolute Gasteiger partial charge is 0.269 e. The third kappa shape index (κ3) is 5.03. The minimum absolute atomic E-state index is 0.0781. The number of nitrogens with two attached hydrogens (primary N) is 1. The molecule has 1 unspecified atom stereocenters. The third-order valence-electron chi connectivity index (χ3n) is 4.54. The molecule has 1 aromatic carbocycles. The van der Waals surface area contributed by atoms with Crippen LogP contribution in [0.15, 0.2) is 42.7 Å². The SMILES string of the molecule is CC(C)CC(C)(N)COc1ncc(-c2ccnc3cc(F)ccc23)cc1C(F)F. The molecule has 2 heterocycles. The van der Waals surface area contributed by atoms with E-state index in [2.05, 4.69) is 9.97 Å². The summed E-state index contributed by atoms with van der Waals surface area (Å²) < 4.78 is 46.5. The van der Waals surface area contributed by atoms with Crippen molar-refractivity contribution in [2.45, 2.75) is 39.2 Å². The molecule has 29 heavy (non-hydrogen) atoms. The van der Waals surface area contributed by atoms with Crippen LogP contribution in [0.3, 0.4) is 0 Å². The summed E-state index contributed by atoms with van der Waals surface area (Å²) in [6.07, 6.45) is 0.900. The molecule has 0 aliphatic rings. The number of nitrogens with zero attached hydrogens (tertiary/aromatic N) is 2. The Balaban J connectivity index is 1.95. The first kappa shape index (κ1) is 21.0. The number of benzene rings is 1. The number of aromatic nitrogens is 2. The van der Waals surface area contributed by atoms with Crippen molar-refractivity contribution < 1.29 is 17.9 Å². The summed E-state index contributed by atoms with van der Waals surface area (Å²) in [6, 6.07) is 7.22. The van der Waals surface area contributed by atoms with Gasteiger partial charge in [0.15, 0.2) is 0 Å². The van der Waals surface area contributed by atoms with E-state index < -0.39 is 17.8 Å². The van der Waals surface area contributed by atoms with Crippen molar-refractivity contribution in [3.05, 3.63) is 54.1 Å². The highest BCUT2D eigenvalue weighted by molar-refractivity contribution is 5.94. The van der Waals surface area contributed by atoms with E-state index in [0.717, 1.165) is 0 Å². The Kier molecular flexibility index (Phi) is 6.07. The second-order valence-corrected chi connectivity index (χ2v) is 7.98. The zero-order valence-electron chi connectivity index (χ0n) is 16.6. The lowest BCUT2D eigenvalue weighted by Gasteiger charge is -2.26. The molecule has 2 N–H and O–H groups in total. The lowest BCUT2D eigenvalue weighted by atomic mass is 9.93. The van der Waals surface area contributed by atoms with Gasteiger partial charge in [0.2, 0.25) is 5.88 Å². The number of hydrogen-bond acceptors (Lipinski definition) is 4. The number of ether oxygens (including phenoxy) is 1. The summed E-state index contributed by atoms with van der Waals surface area (Å²) in [6.45, 7) is 5.97. The van der Waals surface area contributed by atoms with Crippen molar-refractivity contribution in [2.75, 3.05) is 6.61 Å². The molecule has 0 radical (unpaired) electrons. The zero-order valence-corrected chi connectivity index (χ0v) is 16.6. The highest BCUT2D eigenvalue weighted by Gasteiger charge is 2.24. The Morgan fingerprint density at radius 1 is 1.14 bits per heavy atom. The molecule has 0 aliphatic heterocycles. The molecule has 0 spiro atoms. The molecular weight excluding hydrogens is 379 g/mol.